The summed E-state index contributed by atoms with van der Waals surface area (Å²) < 4.78 is 16.3. The largest absolute Gasteiger partial charge is 0.334 e. The first-order valence-electron chi connectivity index (χ1n) is 11.2. The Morgan fingerprint density at radius 1 is 1.16 bits per heavy atom. The van der Waals surface area contributed by atoms with Gasteiger partial charge in [0.2, 0.25) is 0 Å². The van der Waals surface area contributed by atoms with Gasteiger partial charge in [0, 0.05) is 29.9 Å². The third-order valence-corrected chi connectivity index (χ3v) is 6.21. The molecule has 0 aliphatic carbocycles. The standard InChI is InChI=1S/C25H31FN4O/c1-16(2)30(17(3)4)25(31)21-13-19(26)5-6-23(21)29-15-22(18-7-10-27-11-8-18)20-9-12-28-14-24(20)29/h5-6,9,12-18,27H,7-8,10-11H2,1-4H3. The quantitative estimate of drug-likeness (QED) is 0.637. The number of hydrogen-bond donors (Lipinski definition) is 1. The van der Waals surface area contributed by atoms with E-state index in [1.54, 1.807) is 11.0 Å². The lowest BCUT2D eigenvalue weighted by Crippen LogP contribution is -2.42. The second-order valence-electron chi connectivity index (χ2n) is 8.93. The molecule has 1 aliphatic rings. The van der Waals surface area contributed by atoms with Gasteiger partial charge in [-0.1, -0.05) is 0 Å². The molecule has 4 rings (SSSR count). The van der Waals surface area contributed by atoms with Crippen LogP contribution in [0, 0.1) is 5.82 Å². The summed E-state index contributed by atoms with van der Waals surface area (Å²) >= 11 is 0. The summed E-state index contributed by atoms with van der Waals surface area (Å²) in [4.78, 5) is 19.7. The number of piperidine rings is 1. The van der Waals surface area contributed by atoms with E-state index in [2.05, 4.69) is 16.5 Å². The van der Waals surface area contributed by atoms with Crippen molar-refractivity contribution in [3.63, 3.8) is 0 Å². The number of carbonyl (C=O) groups is 1. The van der Waals surface area contributed by atoms with Crippen LogP contribution in [-0.4, -0.2) is 45.5 Å². The van der Waals surface area contributed by atoms with Crippen molar-refractivity contribution in [3.05, 3.63) is 59.8 Å². The highest BCUT2D eigenvalue weighted by molar-refractivity contribution is 5.99. The number of amides is 1. The molecule has 1 aromatic carbocycles. The van der Waals surface area contributed by atoms with Crippen LogP contribution in [0.2, 0.25) is 0 Å². The Bertz CT molecular complexity index is 1070. The van der Waals surface area contributed by atoms with E-state index in [0.29, 0.717) is 17.2 Å². The first-order valence-corrected chi connectivity index (χ1v) is 11.2. The Morgan fingerprint density at radius 2 is 1.87 bits per heavy atom. The molecule has 3 heterocycles. The fourth-order valence-corrected chi connectivity index (χ4v) is 4.85. The van der Waals surface area contributed by atoms with Gasteiger partial charge in [0.1, 0.15) is 5.82 Å². The van der Waals surface area contributed by atoms with Crippen molar-refractivity contribution >= 4 is 16.8 Å². The number of nitrogens with one attached hydrogen (secondary N) is 1. The third-order valence-electron chi connectivity index (χ3n) is 6.21. The number of carbonyl (C=O) groups excluding carboxylic acids is 1. The minimum atomic E-state index is -0.410. The maximum Gasteiger partial charge on any atom is 0.256 e. The highest BCUT2D eigenvalue weighted by Crippen LogP contribution is 2.35. The molecule has 164 valence electrons. The summed E-state index contributed by atoms with van der Waals surface area (Å²) in [6.45, 7) is 9.95. The van der Waals surface area contributed by atoms with Gasteiger partial charge in [-0.2, -0.15) is 0 Å². The fourth-order valence-electron chi connectivity index (χ4n) is 4.85. The van der Waals surface area contributed by atoms with Crippen LogP contribution in [0.1, 0.15) is 62.4 Å². The molecule has 0 bridgehead atoms. The molecule has 5 nitrogen and oxygen atoms in total. The van der Waals surface area contributed by atoms with Gasteiger partial charge in [-0.15, -0.1) is 0 Å². The summed E-state index contributed by atoms with van der Waals surface area (Å²) in [7, 11) is 0. The Morgan fingerprint density at radius 3 is 2.55 bits per heavy atom. The van der Waals surface area contributed by atoms with Gasteiger partial charge >= 0.3 is 0 Å². The smallest absolute Gasteiger partial charge is 0.256 e. The Balaban J connectivity index is 1.88. The second kappa shape index (κ2) is 8.79. The van der Waals surface area contributed by atoms with E-state index < -0.39 is 5.82 Å². The van der Waals surface area contributed by atoms with E-state index in [-0.39, 0.29) is 18.0 Å². The molecular formula is C25H31FN4O. The number of rotatable bonds is 5. The van der Waals surface area contributed by atoms with Crippen molar-refractivity contribution in [2.75, 3.05) is 13.1 Å². The molecular weight excluding hydrogens is 391 g/mol. The van der Waals surface area contributed by atoms with Gasteiger partial charge in [0.15, 0.2) is 0 Å². The lowest BCUT2D eigenvalue weighted by molar-refractivity contribution is 0.0643. The monoisotopic (exact) mass is 422 g/mol. The maximum absolute atomic E-state index is 14.3. The molecule has 31 heavy (non-hydrogen) atoms. The minimum absolute atomic E-state index is 0.0111. The van der Waals surface area contributed by atoms with Crippen LogP contribution in [0.15, 0.2) is 42.9 Å². The van der Waals surface area contributed by atoms with Gasteiger partial charge in [-0.3, -0.25) is 9.78 Å². The zero-order valence-corrected chi connectivity index (χ0v) is 18.7. The first kappa shape index (κ1) is 21.5. The molecule has 1 fully saturated rings. The van der Waals surface area contributed by atoms with Gasteiger partial charge < -0.3 is 14.8 Å². The predicted octanol–water partition coefficient (Wildman–Crippen LogP) is 4.89. The average Bonchev–Trinajstić information content (AvgIpc) is 3.13. The van der Waals surface area contributed by atoms with E-state index in [0.717, 1.165) is 36.8 Å². The second-order valence-corrected chi connectivity index (χ2v) is 8.93. The number of fused-ring (bicyclic) bond motifs is 1. The molecule has 3 aromatic rings. The fraction of sp³-hybridized carbons (Fsp3) is 0.440. The first-order chi connectivity index (χ1) is 14.9. The van der Waals surface area contributed by atoms with E-state index in [1.165, 1.54) is 17.7 Å². The van der Waals surface area contributed by atoms with Gasteiger partial charge in [-0.25, -0.2) is 4.39 Å². The van der Waals surface area contributed by atoms with Crippen LogP contribution in [-0.2, 0) is 0 Å². The van der Waals surface area contributed by atoms with Crippen LogP contribution < -0.4 is 5.32 Å². The summed E-state index contributed by atoms with van der Waals surface area (Å²) in [6, 6.07) is 6.56. The SMILES string of the molecule is CC(C)N(C(=O)c1cc(F)ccc1-n1cc(C2CCNCC2)c2ccncc21)C(C)C. The van der Waals surface area contributed by atoms with Crippen molar-refractivity contribution in [2.45, 2.75) is 58.5 Å². The lowest BCUT2D eigenvalue weighted by Gasteiger charge is -2.31. The zero-order valence-electron chi connectivity index (χ0n) is 18.7. The molecule has 0 spiro atoms. The molecule has 0 unspecified atom stereocenters. The number of benzene rings is 1. The number of nitrogens with zero attached hydrogens (tertiary/aromatic N) is 3. The van der Waals surface area contributed by atoms with Crippen LogP contribution in [0.25, 0.3) is 16.6 Å². The van der Waals surface area contributed by atoms with Crippen LogP contribution in [0.4, 0.5) is 4.39 Å². The maximum atomic E-state index is 14.3. The molecule has 1 saturated heterocycles. The number of hydrogen-bond acceptors (Lipinski definition) is 3. The van der Waals surface area contributed by atoms with E-state index >= 15 is 0 Å². The van der Waals surface area contributed by atoms with E-state index in [9.17, 15) is 9.18 Å². The molecule has 1 aliphatic heterocycles. The van der Waals surface area contributed by atoms with Crippen LogP contribution in [0.3, 0.4) is 0 Å². The molecule has 6 heteroatoms. The lowest BCUT2D eigenvalue weighted by atomic mass is 9.90. The molecule has 2 aromatic heterocycles. The summed E-state index contributed by atoms with van der Waals surface area (Å²) in [6.07, 6.45) is 7.92. The number of aromatic nitrogens is 2. The van der Waals surface area contributed by atoms with Crippen molar-refractivity contribution in [2.24, 2.45) is 0 Å². The molecule has 1 N–H and O–H groups in total. The Kier molecular flexibility index (Phi) is 6.10. The molecule has 0 saturated carbocycles. The highest BCUT2D eigenvalue weighted by Gasteiger charge is 2.27. The zero-order chi connectivity index (χ0) is 22.1. The topological polar surface area (TPSA) is 50.2 Å². The average molecular weight is 423 g/mol. The van der Waals surface area contributed by atoms with Gasteiger partial charge in [0.25, 0.3) is 5.91 Å². The Hall–Kier alpha value is -2.73. The van der Waals surface area contributed by atoms with Crippen molar-refractivity contribution in [3.8, 4) is 5.69 Å². The van der Waals surface area contributed by atoms with Crippen LogP contribution in [0.5, 0.6) is 0 Å². The minimum Gasteiger partial charge on any atom is -0.334 e. The van der Waals surface area contributed by atoms with Crippen molar-refractivity contribution in [1.82, 2.24) is 19.8 Å². The summed E-state index contributed by atoms with van der Waals surface area (Å²) in [5.74, 6) is -0.115. The summed E-state index contributed by atoms with van der Waals surface area (Å²) in [5, 5.41) is 4.57. The molecule has 1 amide bonds. The van der Waals surface area contributed by atoms with Crippen LogP contribution >= 0.6 is 0 Å². The number of halogens is 1. The van der Waals surface area contributed by atoms with E-state index in [4.69, 9.17) is 0 Å². The van der Waals surface area contributed by atoms with Crippen molar-refractivity contribution < 1.29 is 9.18 Å². The molecule has 0 atom stereocenters. The predicted molar refractivity (Wildman–Crippen MR) is 122 cm³/mol. The summed E-state index contributed by atoms with van der Waals surface area (Å²) in [5.41, 5.74) is 3.28. The molecule has 0 radical (unpaired) electrons. The highest BCUT2D eigenvalue weighted by atomic mass is 19.1. The third kappa shape index (κ3) is 4.09. The van der Waals surface area contributed by atoms with Gasteiger partial charge in [0.05, 0.1) is 23.0 Å². The Labute approximate surface area is 183 Å². The normalized spacial score (nSPS) is 15.2. The van der Waals surface area contributed by atoms with E-state index in [1.807, 2.05) is 50.7 Å². The van der Waals surface area contributed by atoms with Gasteiger partial charge in [-0.05, 0) is 89.4 Å². The van der Waals surface area contributed by atoms with Crippen molar-refractivity contribution in [1.29, 1.82) is 0 Å². The number of pyridine rings is 1.